The Balaban J connectivity index is 2.64. The van der Waals surface area contributed by atoms with Crippen molar-refractivity contribution in [1.82, 2.24) is 0 Å². The SMILES string of the molecule is CON=C(C)CC(=O)c1ccccc1. The summed E-state index contributed by atoms with van der Waals surface area (Å²) in [5.41, 5.74) is 1.39. The maximum Gasteiger partial charge on any atom is 0.168 e. The Hall–Kier alpha value is -1.64. The topological polar surface area (TPSA) is 38.7 Å². The Morgan fingerprint density at radius 1 is 1.36 bits per heavy atom. The first-order valence-electron chi connectivity index (χ1n) is 4.39. The number of ketones is 1. The van der Waals surface area contributed by atoms with E-state index < -0.39 is 0 Å². The van der Waals surface area contributed by atoms with Gasteiger partial charge in [0.25, 0.3) is 0 Å². The van der Waals surface area contributed by atoms with E-state index >= 15 is 0 Å². The van der Waals surface area contributed by atoms with Crippen LogP contribution in [-0.4, -0.2) is 18.6 Å². The van der Waals surface area contributed by atoms with E-state index in [0.29, 0.717) is 17.7 Å². The van der Waals surface area contributed by atoms with Crippen LogP contribution in [0.4, 0.5) is 0 Å². The number of Topliss-reactive ketones (excluding diaryl/α,β-unsaturated/α-hetero) is 1. The van der Waals surface area contributed by atoms with Gasteiger partial charge in [0.15, 0.2) is 5.78 Å². The second-order valence-electron chi connectivity index (χ2n) is 2.98. The van der Waals surface area contributed by atoms with Gasteiger partial charge in [0.2, 0.25) is 0 Å². The van der Waals surface area contributed by atoms with Gasteiger partial charge >= 0.3 is 0 Å². The molecule has 14 heavy (non-hydrogen) atoms. The molecule has 0 radical (unpaired) electrons. The fourth-order valence-electron chi connectivity index (χ4n) is 1.15. The highest BCUT2D eigenvalue weighted by Crippen LogP contribution is 2.03. The van der Waals surface area contributed by atoms with Crippen molar-refractivity contribution in [3.8, 4) is 0 Å². The van der Waals surface area contributed by atoms with E-state index in [4.69, 9.17) is 0 Å². The first-order chi connectivity index (χ1) is 6.74. The van der Waals surface area contributed by atoms with Gasteiger partial charge in [0, 0.05) is 5.56 Å². The number of hydrogen-bond donors (Lipinski definition) is 0. The molecule has 0 unspecified atom stereocenters. The van der Waals surface area contributed by atoms with E-state index in [9.17, 15) is 4.79 Å². The molecule has 0 aliphatic heterocycles. The molecule has 0 N–H and O–H groups in total. The lowest BCUT2D eigenvalue weighted by molar-refractivity contribution is 0.0998. The van der Waals surface area contributed by atoms with Crippen molar-refractivity contribution in [3.05, 3.63) is 35.9 Å². The lowest BCUT2D eigenvalue weighted by Gasteiger charge is -1.99. The van der Waals surface area contributed by atoms with Crippen molar-refractivity contribution in [2.45, 2.75) is 13.3 Å². The highest BCUT2D eigenvalue weighted by Gasteiger charge is 2.06. The highest BCUT2D eigenvalue weighted by atomic mass is 16.6. The van der Waals surface area contributed by atoms with Crippen LogP contribution >= 0.6 is 0 Å². The van der Waals surface area contributed by atoms with Gasteiger partial charge in [-0.25, -0.2) is 0 Å². The molecule has 0 saturated carbocycles. The van der Waals surface area contributed by atoms with E-state index in [1.165, 1.54) is 7.11 Å². The molecular formula is C11H13NO2. The summed E-state index contributed by atoms with van der Waals surface area (Å²) < 4.78 is 0. The molecule has 0 aliphatic carbocycles. The number of carbonyl (C=O) groups excluding carboxylic acids is 1. The molecule has 0 aliphatic rings. The van der Waals surface area contributed by atoms with Crippen LogP contribution in [0.15, 0.2) is 35.5 Å². The first kappa shape index (κ1) is 10.4. The summed E-state index contributed by atoms with van der Waals surface area (Å²) in [5, 5.41) is 3.69. The van der Waals surface area contributed by atoms with Gasteiger partial charge < -0.3 is 4.84 Å². The first-order valence-corrected chi connectivity index (χ1v) is 4.39. The summed E-state index contributed by atoms with van der Waals surface area (Å²) >= 11 is 0. The average molecular weight is 191 g/mol. The molecule has 0 heterocycles. The molecule has 3 heteroatoms. The zero-order valence-electron chi connectivity index (χ0n) is 8.36. The quantitative estimate of drug-likeness (QED) is 0.416. The van der Waals surface area contributed by atoms with Gasteiger partial charge in [-0.15, -0.1) is 0 Å². The van der Waals surface area contributed by atoms with Crippen molar-refractivity contribution in [1.29, 1.82) is 0 Å². The highest BCUT2D eigenvalue weighted by molar-refractivity contribution is 6.08. The molecule has 74 valence electrons. The molecule has 0 atom stereocenters. The van der Waals surface area contributed by atoms with Gasteiger partial charge in [0.05, 0.1) is 12.1 Å². The Morgan fingerprint density at radius 3 is 2.57 bits per heavy atom. The molecule has 1 aromatic rings. The summed E-state index contributed by atoms with van der Waals surface area (Å²) in [7, 11) is 1.47. The third-order valence-corrected chi connectivity index (χ3v) is 1.76. The molecular weight excluding hydrogens is 178 g/mol. The van der Waals surface area contributed by atoms with Crippen LogP contribution < -0.4 is 0 Å². The predicted octanol–water partition coefficient (Wildman–Crippen LogP) is 2.28. The van der Waals surface area contributed by atoms with Gasteiger partial charge in [-0.2, -0.15) is 0 Å². The van der Waals surface area contributed by atoms with Gasteiger partial charge in [-0.3, -0.25) is 4.79 Å². The number of oxime groups is 1. The van der Waals surface area contributed by atoms with Crippen LogP contribution in [0.3, 0.4) is 0 Å². The Labute approximate surface area is 83.4 Å². The average Bonchev–Trinajstić information content (AvgIpc) is 2.19. The fraction of sp³-hybridized carbons (Fsp3) is 0.273. The molecule has 0 bridgehead atoms. The molecule has 0 saturated heterocycles. The number of nitrogens with zero attached hydrogens (tertiary/aromatic N) is 1. The van der Waals surface area contributed by atoms with Crippen LogP contribution in [-0.2, 0) is 4.84 Å². The monoisotopic (exact) mass is 191 g/mol. The molecule has 3 nitrogen and oxygen atoms in total. The third-order valence-electron chi connectivity index (χ3n) is 1.76. The van der Waals surface area contributed by atoms with Crippen molar-refractivity contribution in [2.75, 3.05) is 7.11 Å². The van der Waals surface area contributed by atoms with Crippen LogP contribution in [0.2, 0.25) is 0 Å². The van der Waals surface area contributed by atoms with Crippen molar-refractivity contribution < 1.29 is 9.63 Å². The zero-order chi connectivity index (χ0) is 10.4. The summed E-state index contributed by atoms with van der Waals surface area (Å²) in [6, 6.07) is 9.16. The van der Waals surface area contributed by atoms with Gasteiger partial charge in [-0.05, 0) is 6.92 Å². The minimum Gasteiger partial charge on any atom is -0.399 e. The molecule has 0 spiro atoms. The second-order valence-corrected chi connectivity index (χ2v) is 2.98. The lowest BCUT2D eigenvalue weighted by atomic mass is 10.1. The Bertz CT molecular complexity index is 330. The lowest BCUT2D eigenvalue weighted by Crippen LogP contribution is -2.05. The normalized spacial score (nSPS) is 11.1. The zero-order valence-corrected chi connectivity index (χ0v) is 8.36. The number of carbonyl (C=O) groups is 1. The summed E-state index contributed by atoms with van der Waals surface area (Å²) in [6.45, 7) is 1.77. The molecule has 1 rings (SSSR count). The van der Waals surface area contributed by atoms with E-state index in [1.807, 2.05) is 18.2 Å². The summed E-state index contributed by atoms with van der Waals surface area (Å²) in [5.74, 6) is 0.0592. The molecule has 0 fully saturated rings. The van der Waals surface area contributed by atoms with E-state index in [2.05, 4.69) is 9.99 Å². The van der Waals surface area contributed by atoms with Crippen LogP contribution in [0.5, 0.6) is 0 Å². The minimum absolute atomic E-state index is 0.0592. The number of hydrogen-bond acceptors (Lipinski definition) is 3. The predicted molar refractivity (Wildman–Crippen MR) is 55.5 cm³/mol. The van der Waals surface area contributed by atoms with Crippen molar-refractivity contribution in [3.63, 3.8) is 0 Å². The number of rotatable bonds is 4. The van der Waals surface area contributed by atoms with E-state index in [0.717, 1.165) is 0 Å². The van der Waals surface area contributed by atoms with Crippen LogP contribution in [0.1, 0.15) is 23.7 Å². The molecule has 0 amide bonds. The van der Waals surface area contributed by atoms with Crippen molar-refractivity contribution >= 4 is 11.5 Å². The maximum atomic E-state index is 11.6. The maximum absolute atomic E-state index is 11.6. The summed E-state index contributed by atoms with van der Waals surface area (Å²) in [6.07, 6.45) is 0.303. The Morgan fingerprint density at radius 2 is 2.00 bits per heavy atom. The van der Waals surface area contributed by atoms with E-state index in [1.54, 1.807) is 19.1 Å². The minimum atomic E-state index is 0.0592. The van der Waals surface area contributed by atoms with E-state index in [-0.39, 0.29) is 5.78 Å². The fourth-order valence-corrected chi connectivity index (χ4v) is 1.15. The number of benzene rings is 1. The largest absolute Gasteiger partial charge is 0.399 e. The molecule has 0 aromatic heterocycles. The van der Waals surface area contributed by atoms with Gasteiger partial charge in [0.1, 0.15) is 7.11 Å². The molecule has 1 aromatic carbocycles. The smallest absolute Gasteiger partial charge is 0.168 e. The summed E-state index contributed by atoms with van der Waals surface area (Å²) in [4.78, 5) is 16.2. The van der Waals surface area contributed by atoms with Gasteiger partial charge in [-0.1, -0.05) is 35.5 Å². The third kappa shape index (κ3) is 3.01. The van der Waals surface area contributed by atoms with Crippen LogP contribution in [0.25, 0.3) is 0 Å². The van der Waals surface area contributed by atoms with Crippen molar-refractivity contribution in [2.24, 2.45) is 5.16 Å². The van der Waals surface area contributed by atoms with Crippen LogP contribution in [0, 0.1) is 0 Å². The standard InChI is InChI=1S/C11H13NO2/c1-9(12-14-2)8-11(13)10-6-4-3-5-7-10/h3-7H,8H2,1-2H3. The Kier molecular flexibility index (Phi) is 3.85. The second kappa shape index (κ2) is 5.17.